The fourth-order valence-electron chi connectivity index (χ4n) is 5.01. The molecule has 1 aliphatic heterocycles. The van der Waals surface area contributed by atoms with Crippen molar-refractivity contribution in [1.29, 1.82) is 0 Å². The number of β-amino-alcohol motifs (C(OH)–C–C–N with tert-alkyl or cyclic N) is 1. The molecular weight excluding hydrogens is 491 g/mol. The van der Waals surface area contributed by atoms with Crippen LogP contribution in [-0.4, -0.2) is 83.2 Å². The molecule has 1 aliphatic rings. The van der Waals surface area contributed by atoms with E-state index in [4.69, 9.17) is 5.73 Å². The molecule has 11 nitrogen and oxygen atoms in total. The van der Waals surface area contributed by atoms with E-state index in [-0.39, 0.29) is 31.9 Å². The molecule has 2 atom stereocenters. The van der Waals surface area contributed by atoms with Gasteiger partial charge in [0, 0.05) is 50.3 Å². The first kappa shape index (κ1) is 25.8. The van der Waals surface area contributed by atoms with Crippen LogP contribution in [0.5, 0.6) is 0 Å². The first-order valence-electron chi connectivity index (χ1n) is 12.5. The lowest BCUT2D eigenvalue weighted by molar-refractivity contribution is -0.135. The van der Waals surface area contributed by atoms with Crippen LogP contribution in [0.25, 0.3) is 16.7 Å². The second-order valence-electron chi connectivity index (χ2n) is 9.69. The number of aliphatic hydroxyl groups excluding tert-OH is 1. The number of piperidine rings is 1. The van der Waals surface area contributed by atoms with E-state index >= 15 is 4.39 Å². The molecule has 4 heterocycles. The van der Waals surface area contributed by atoms with Gasteiger partial charge in [-0.2, -0.15) is 5.10 Å². The summed E-state index contributed by atoms with van der Waals surface area (Å²) in [4.78, 5) is 23.9. The second-order valence-corrected chi connectivity index (χ2v) is 9.69. The lowest BCUT2D eigenvalue weighted by atomic mass is 9.88. The monoisotopic (exact) mass is 522 g/mol. The molecule has 1 saturated heterocycles. The van der Waals surface area contributed by atoms with Gasteiger partial charge in [-0.25, -0.2) is 19.0 Å². The molecule has 12 heteroatoms. The number of nitrogens with two attached hydrogens (primary N) is 1. The number of carbonyl (C=O) groups excluding carboxylic acids is 1. The number of benzene rings is 1. The van der Waals surface area contributed by atoms with E-state index in [9.17, 15) is 15.0 Å². The molecule has 1 amide bonds. The molecular formula is C26H31FN8O3. The summed E-state index contributed by atoms with van der Waals surface area (Å²) in [5, 5.41) is 26.9. The minimum atomic E-state index is -1.39. The number of anilines is 1. The van der Waals surface area contributed by atoms with Gasteiger partial charge in [0.1, 0.15) is 29.2 Å². The van der Waals surface area contributed by atoms with Gasteiger partial charge in [0.2, 0.25) is 5.91 Å². The van der Waals surface area contributed by atoms with Gasteiger partial charge in [0.15, 0.2) is 0 Å². The van der Waals surface area contributed by atoms with Crippen molar-refractivity contribution in [2.45, 2.75) is 38.1 Å². The van der Waals surface area contributed by atoms with Crippen molar-refractivity contribution in [2.24, 2.45) is 5.73 Å². The second kappa shape index (κ2) is 10.5. The molecule has 0 bridgehead atoms. The normalized spacial score (nSPS) is 20.2. The third-order valence-corrected chi connectivity index (χ3v) is 7.12. The Labute approximate surface area is 218 Å². The van der Waals surface area contributed by atoms with E-state index < -0.39 is 17.6 Å². The Morgan fingerprint density at radius 1 is 1.29 bits per heavy atom. The average Bonchev–Trinajstić information content (AvgIpc) is 3.56. The number of carbonyl (C=O) groups is 1. The number of fused-ring (bicyclic) bond motifs is 1. The van der Waals surface area contributed by atoms with Crippen LogP contribution in [0.15, 0.2) is 55.2 Å². The van der Waals surface area contributed by atoms with Gasteiger partial charge in [-0.3, -0.25) is 9.69 Å². The highest BCUT2D eigenvalue weighted by molar-refractivity contribution is 5.88. The minimum Gasteiger partial charge on any atom is -0.389 e. The van der Waals surface area contributed by atoms with E-state index in [1.54, 1.807) is 44.9 Å². The van der Waals surface area contributed by atoms with Crippen LogP contribution in [0.4, 0.5) is 10.2 Å². The van der Waals surface area contributed by atoms with Gasteiger partial charge in [-0.05, 0) is 37.6 Å². The molecule has 5 rings (SSSR count). The van der Waals surface area contributed by atoms with E-state index in [2.05, 4.69) is 15.1 Å². The number of halogens is 1. The molecule has 38 heavy (non-hydrogen) atoms. The first-order chi connectivity index (χ1) is 18.3. The van der Waals surface area contributed by atoms with Crippen molar-refractivity contribution < 1.29 is 19.4 Å². The molecule has 0 saturated carbocycles. The summed E-state index contributed by atoms with van der Waals surface area (Å²) in [5.41, 5.74) is 5.64. The zero-order valence-corrected chi connectivity index (χ0v) is 21.1. The largest absolute Gasteiger partial charge is 0.389 e. The number of primary amides is 1. The van der Waals surface area contributed by atoms with Crippen LogP contribution < -0.4 is 10.6 Å². The number of rotatable bonds is 9. The van der Waals surface area contributed by atoms with E-state index in [1.165, 1.54) is 12.4 Å². The summed E-state index contributed by atoms with van der Waals surface area (Å²) in [6, 6.07) is 8.68. The SMILES string of the molecule is CCN(Cc1ccc(-n2cccn2)cc1F)c1ncnc2c1ccn2CC1(O)CCN(CC(N)=O)CC1O. The molecule has 0 aliphatic carbocycles. The number of hydrogen-bond acceptors (Lipinski definition) is 8. The molecule has 4 N–H and O–H groups in total. The summed E-state index contributed by atoms with van der Waals surface area (Å²) in [6.45, 7) is 3.59. The summed E-state index contributed by atoms with van der Waals surface area (Å²) in [6.07, 6.45) is 5.86. The highest BCUT2D eigenvalue weighted by atomic mass is 19.1. The fourth-order valence-corrected chi connectivity index (χ4v) is 5.01. The third-order valence-electron chi connectivity index (χ3n) is 7.12. The maximum absolute atomic E-state index is 15.0. The number of nitrogens with zero attached hydrogens (tertiary/aromatic N) is 7. The Hall–Kier alpha value is -3.87. The number of amides is 1. The van der Waals surface area contributed by atoms with Crippen molar-refractivity contribution in [2.75, 3.05) is 31.1 Å². The fraction of sp³-hybridized carbons (Fsp3) is 0.385. The smallest absolute Gasteiger partial charge is 0.231 e. The highest BCUT2D eigenvalue weighted by Gasteiger charge is 2.41. The highest BCUT2D eigenvalue weighted by Crippen LogP contribution is 2.30. The van der Waals surface area contributed by atoms with Crippen LogP contribution in [-0.2, 0) is 17.9 Å². The number of likely N-dealkylation sites (tertiary alicyclic amines) is 1. The van der Waals surface area contributed by atoms with Gasteiger partial charge < -0.3 is 25.4 Å². The molecule has 2 unspecified atom stereocenters. The zero-order valence-electron chi connectivity index (χ0n) is 21.1. The number of hydrogen-bond donors (Lipinski definition) is 3. The van der Waals surface area contributed by atoms with Crippen molar-refractivity contribution in [3.8, 4) is 5.69 Å². The summed E-state index contributed by atoms with van der Waals surface area (Å²) < 4.78 is 18.4. The van der Waals surface area contributed by atoms with Gasteiger partial charge in [-0.1, -0.05) is 6.07 Å². The van der Waals surface area contributed by atoms with Gasteiger partial charge in [0.05, 0.1) is 30.3 Å². The van der Waals surface area contributed by atoms with Crippen molar-refractivity contribution in [3.63, 3.8) is 0 Å². The van der Waals surface area contributed by atoms with Gasteiger partial charge in [-0.15, -0.1) is 0 Å². The summed E-state index contributed by atoms with van der Waals surface area (Å²) in [5.74, 6) is -0.161. The third kappa shape index (κ3) is 5.10. The van der Waals surface area contributed by atoms with E-state index in [0.29, 0.717) is 42.4 Å². The Balaban J connectivity index is 1.36. The van der Waals surface area contributed by atoms with Crippen LogP contribution in [0.3, 0.4) is 0 Å². The quantitative estimate of drug-likeness (QED) is 0.297. The topological polar surface area (TPSA) is 139 Å². The molecule has 1 fully saturated rings. The summed E-state index contributed by atoms with van der Waals surface area (Å²) >= 11 is 0. The predicted molar refractivity (Wildman–Crippen MR) is 139 cm³/mol. The van der Waals surface area contributed by atoms with Crippen molar-refractivity contribution in [3.05, 3.63) is 66.6 Å². The maximum Gasteiger partial charge on any atom is 0.231 e. The Bertz CT molecular complexity index is 1430. The molecule has 3 aromatic heterocycles. The number of aromatic nitrogens is 5. The van der Waals surface area contributed by atoms with Crippen LogP contribution in [0.1, 0.15) is 18.9 Å². The van der Waals surface area contributed by atoms with Crippen LogP contribution in [0.2, 0.25) is 0 Å². The molecule has 0 radical (unpaired) electrons. The van der Waals surface area contributed by atoms with Gasteiger partial charge >= 0.3 is 0 Å². The standard InChI is InChI=1S/C26H31FN8O3/c1-2-33(13-18-4-5-19(12-21(18)27)35-9-3-8-31-35)24-20-6-10-34(25(20)30-17-29-24)16-26(38)7-11-32(14-22(26)36)15-23(28)37/h3-6,8-10,12,17,22,36,38H,2,7,11,13-16H2,1H3,(H2,28,37). The minimum absolute atomic E-state index is 0.0373. The maximum atomic E-state index is 15.0. The van der Waals surface area contributed by atoms with Crippen molar-refractivity contribution >= 4 is 22.8 Å². The van der Waals surface area contributed by atoms with Gasteiger partial charge in [0.25, 0.3) is 0 Å². The lowest BCUT2D eigenvalue weighted by Gasteiger charge is -2.42. The van der Waals surface area contributed by atoms with E-state index in [0.717, 1.165) is 5.39 Å². The molecule has 4 aromatic rings. The Morgan fingerprint density at radius 2 is 2.13 bits per heavy atom. The predicted octanol–water partition coefficient (Wildman–Crippen LogP) is 1.07. The summed E-state index contributed by atoms with van der Waals surface area (Å²) in [7, 11) is 0. The zero-order chi connectivity index (χ0) is 26.9. The molecule has 0 spiro atoms. The Kier molecular flexibility index (Phi) is 7.11. The first-order valence-corrected chi connectivity index (χ1v) is 12.5. The molecule has 1 aromatic carbocycles. The van der Waals surface area contributed by atoms with Crippen LogP contribution in [0, 0.1) is 5.82 Å². The van der Waals surface area contributed by atoms with E-state index in [1.807, 2.05) is 24.0 Å². The lowest BCUT2D eigenvalue weighted by Crippen LogP contribution is -2.58. The van der Waals surface area contributed by atoms with Crippen molar-refractivity contribution in [1.82, 2.24) is 29.2 Å². The average molecular weight is 523 g/mol. The number of aliphatic hydroxyl groups is 2. The van der Waals surface area contributed by atoms with Crippen LogP contribution >= 0.6 is 0 Å². The molecule has 200 valence electrons. The Morgan fingerprint density at radius 3 is 2.82 bits per heavy atom.